The number of thioether (sulfide) groups is 1. The summed E-state index contributed by atoms with van der Waals surface area (Å²) in [4.78, 5) is 37.1. The Hall–Kier alpha value is -3.00. The molecule has 28 heavy (non-hydrogen) atoms. The van der Waals surface area contributed by atoms with Gasteiger partial charge in [-0.25, -0.2) is 0 Å². The van der Waals surface area contributed by atoms with Crippen molar-refractivity contribution in [1.82, 2.24) is 4.90 Å². The number of ether oxygens (including phenoxy) is 1. The summed E-state index contributed by atoms with van der Waals surface area (Å²) in [5.41, 5.74) is 0.152. The van der Waals surface area contributed by atoms with Gasteiger partial charge in [-0.15, -0.1) is 0 Å². The van der Waals surface area contributed by atoms with Crippen LogP contribution in [0.1, 0.15) is 31.1 Å². The van der Waals surface area contributed by atoms with Crippen LogP contribution in [0.3, 0.4) is 0 Å². The highest BCUT2D eigenvalue weighted by atomic mass is 32.2. The van der Waals surface area contributed by atoms with Gasteiger partial charge in [0.1, 0.15) is 23.9 Å². The molecule has 1 aliphatic heterocycles. The van der Waals surface area contributed by atoms with Crippen molar-refractivity contribution < 1.29 is 29.3 Å². The first-order valence-corrected chi connectivity index (χ1v) is 9.78. The average molecular weight is 401 g/mol. The zero-order valence-electron chi connectivity index (χ0n) is 14.9. The summed E-state index contributed by atoms with van der Waals surface area (Å²) in [7, 11) is 0. The first-order chi connectivity index (χ1) is 13.6. The molecule has 1 aliphatic rings. The number of aldehydes is 2. The van der Waals surface area contributed by atoms with Crippen molar-refractivity contribution in [2.24, 2.45) is 0 Å². The SMILES string of the molecule is O=Cc1c(O)cccc1OC[C@H]1CSCCN1C(=O)c1cccc(O)c1C=O. The second-order valence-corrected chi connectivity index (χ2v) is 7.35. The lowest BCUT2D eigenvalue weighted by Gasteiger charge is -2.35. The minimum absolute atomic E-state index is 0.0402. The van der Waals surface area contributed by atoms with Gasteiger partial charge in [0.2, 0.25) is 0 Å². The number of phenols is 2. The van der Waals surface area contributed by atoms with Gasteiger partial charge in [-0.3, -0.25) is 14.4 Å². The van der Waals surface area contributed by atoms with Crippen LogP contribution >= 0.6 is 11.8 Å². The van der Waals surface area contributed by atoms with E-state index in [2.05, 4.69) is 0 Å². The molecule has 2 aromatic rings. The number of carbonyl (C=O) groups excluding carboxylic acids is 3. The zero-order valence-corrected chi connectivity index (χ0v) is 15.7. The standard InChI is InChI=1S/C20H19NO6S/c22-9-15-14(3-1-4-17(15)24)20(26)21-7-8-28-12-13(21)11-27-19-6-2-5-18(25)16(19)10-23/h1-6,9-10,13,24-25H,7-8,11-12H2/t13-/m0/s1. The topological polar surface area (TPSA) is 104 Å². The Labute approximate surface area is 165 Å². The summed E-state index contributed by atoms with van der Waals surface area (Å²) in [5, 5.41) is 19.6. The molecule has 0 aromatic heterocycles. The quantitative estimate of drug-likeness (QED) is 0.716. The lowest BCUT2D eigenvalue weighted by Crippen LogP contribution is -2.49. The van der Waals surface area contributed by atoms with Crippen molar-refractivity contribution in [3.63, 3.8) is 0 Å². The Morgan fingerprint density at radius 1 is 1.11 bits per heavy atom. The summed E-state index contributed by atoms with van der Waals surface area (Å²) >= 11 is 1.67. The van der Waals surface area contributed by atoms with Crippen molar-refractivity contribution >= 4 is 30.2 Å². The number of rotatable bonds is 6. The highest BCUT2D eigenvalue weighted by Crippen LogP contribution is 2.28. The molecule has 1 atom stereocenters. The van der Waals surface area contributed by atoms with Gasteiger partial charge in [-0.2, -0.15) is 11.8 Å². The van der Waals surface area contributed by atoms with E-state index in [1.54, 1.807) is 28.8 Å². The number of phenolic OH excluding ortho intramolecular Hbond substituents is 2. The van der Waals surface area contributed by atoms with E-state index < -0.39 is 0 Å². The average Bonchev–Trinajstić information content (AvgIpc) is 2.71. The van der Waals surface area contributed by atoms with Crippen LogP contribution in [0, 0.1) is 0 Å². The van der Waals surface area contributed by atoms with Gasteiger partial charge >= 0.3 is 0 Å². The van der Waals surface area contributed by atoms with Crippen molar-refractivity contribution in [3.05, 3.63) is 53.1 Å². The van der Waals surface area contributed by atoms with E-state index in [1.807, 2.05) is 0 Å². The third-order valence-electron chi connectivity index (χ3n) is 4.51. The van der Waals surface area contributed by atoms with E-state index in [9.17, 15) is 24.6 Å². The third-order valence-corrected chi connectivity index (χ3v) is 5.60. The number of nitrogens with zero attached hydrogens (tertiary/aromatic N) is 1. The smallest absolute Gasteiger partial charge is 0.255 e. The number of hydrogen-bond acceptors (Lipinski definition) is 7. The number of amides is 1. The van der Waals surface area contributed by atoms with E-state index in [-0.39, 0.29) is 52.5 Å². The molecule has 1 heterocycles. The Bertz CT molecular complexity index is 900. The van der Waals surface area contributed by atoms with Crippen LogP contribution < -0.4 is 4.74 Å². The Morgan fingerprint density at radius 2 is 1.79 bits per heavy atom. The van der Waals surface area contributed by atoms with Crippen molar-refractivity contribution in [1.29, 1.82) is 0 Å². The normalized spacial score (nSPS) is 16.4. The lowest BCUT2D eigenvalue weighted by molar-refractivity contribution is 0.0644. The second-order valence-electron chi connectivity index (χ2n) is 6.20. The fourth-order valence-electron chi connectivity index (χ4n) is 3.04. The zero-order chi connectivity index (χ0) is 20.1. The van der Waals surface area contributed by atoms with Crippen LogP contribution in [0.4, 0.5) is 0 Å². The van der Waals surface area contributed by atoms with Crippen molar-refractivity contribution in [3.8, 4) is 17.2 Å². The van der Waals surface area contributed by atoms with Gasteiger partial charge in [-0.1, -0.05) is 12.1 Å². The number of carbonyl (C=O) groups is 3. The van der Waals surface area contributed by atoms with Crippen LogP contribution in [0.15, 0.2) is 36.4 Å². The van der Waals surface area contributed by atoms with Gasteiger partial charge in [0.15, 0.2) is 12.6 Å². The van der Waals surface area contributed by atoms with E-state index in [0.29, 0.717) is 24.9 Å². The summed E-state index contributed by atoms with van der Waals surface area (Å²) in [6.07, 6.45) is 0.988. The Kier molecular flexibility index (Phi) is 6.20. The molecule has 3 rings (SSSR count). The fourth-order valence-corrected chi connectivity index (χ4v) is 4.08. The molecule has 1 amide bonds. The molecule has 8 heteroatoms. The molecule has 0 unspecified atom stereocenters. The third kappa shape index (κ3) is 3.96. The molecular weight excluding hydrogens is 382 g/mol. The maximum atomic E-state index is 13.0. The molecule has 0 radical (unpaired) electrons. The van der Waals surface area contributed by atoms with E-state index in [4.69, 9.17) is 4.74 Å². The Morgan fingerprint density at radius 3 is 2.50 bits per heavy atom. The molecule has 0 aliphatic carbocycles. The minimum atomic E-state index is -0.363. The number of hydrogen-bond donors (Lipinski definition) is 2. The maximum absolute atomic E-state index is 13.0. The van der Waals surface area contributed by atoms with E-state index in [1.165, 1.54) is 24.3 Å². The predicted molar refractivity (Wildman–Crippen MR) is 105 cm³/mol. The Balaban J connectivity index is 1.81. The first-order valence-electron chi connectivity index (χ1n) is 8.62. The van der Waals surface area contributed by atoms with Gasteiger partial charge < -0.3 is 19.8 Å². The number of benzene rings is 2. The summed E-state index contributed by atoms with van der Waals surface area (Å²) in [6, 6.07) is 8.62. The molecule has 1 saturated heterocycles. The molecule has 0 saturated carbocycles. The van der Waals surface area contributed by atoms with Gasteiger partial charge in [0.05, 0.1) is 22.7 Å². The maximum Gasteiger partial charge on any atom is 0.255 e. The molecule has 146 valence electrons. The first kappa shape index (κ1) is 19.8. The molecule has 0 bridgehead atoms. The summed E-state index contributed by atoms with van der Waals surface area (Å²) < 4.78 is 5.73. The highest BCUT2D eigenvalue weighted by molar-refractivity contribution is 7.99. The van der Waals surface area contributed by atoms with Crippen molar-refractivity contribution in [2.45, 2.75) is 6.04 Å². The van der Waals surface area contributed by atoms with Crippen molar-refractivity contribution in [2.75, 3.05) is 24.7 Å². The molecular formula is C20H19NO6S. The van der Waals surface area contributed by atoms with E-state index in [0.717, 1.165) is 5.75 Å². The van der Waals surface area contributed by atoms with E-state index >= 15 is 0 Å². The molecule has 2 N–H and O–H groups in total. The van der Waals surface area contributed by atoms with Crippen LogP contribution in [-0.4, -0.2) is 64.3 Å². The van der Waals surface area contributed by atoms with Crippen LogP contribution in [0.5, 0.6) is 17.2 Å². The fraction of sp³-hybridized carbons (Fsp3) is 0.250. The molecule has 1 fully saturated rings. The van der Waals surface area contributed by atoms with Crippen LogP contribution in [-0.2, 0) is 0 Å². The molecule has 2 aromatic carbocycles. The molecule has 7 nitrogen and oxygen atoms in total. The predicted octanol–water partition coefficient (Wildman–Crippen LogP) is 2.36. The summed E-state index contributed by atoms with van der Waals surface area (Å²) in [6.45, 7) is 0.588. The van der Waals surface area contributed by atoms with Crippen LogP contribution in [0.25, 0.3) is 0 Å². The van der Waals surface area contributed by atoms with Gasteiger partial charge in [-0.05, 0) is 24.3 Å². The van der Waals surface area contributed by atoms with Crippen LogP contribution in [0.2, 0.25) is 0 Å². The highest BCUT2D eigenvalue weighted by Gasteiger charge is 2.30. The second kappa shape index (κ2) is 8.79. The lowest BCUT2D eigenvalue weighted by atomic mass is 10.1. The number of aromatic hydroxyl groups is 2. The van der Waals surface area contributed by atoms with Gasteiger partial charge in [0.25, 0.3) is 5.91 Å². The monoisotopic (exact) mass is 401 g/mol. The molecule has 0 spiro atoms. The largest absolute Gasteiger partial charge is 0.507 e. The minimum Gasteiger partial charge on any atom is -0.507 e. The summed E-state index contributed by atoms with van der Waals surface area (Å²) in [5.74, 6) is 0.825. The van der Waals surface area contributed by atoms with Gasteiger partial charge in [0, 0.05) is 18.1 Å².